The van der Waals surface area contributed by atoms with Gasteiger partial charge in [0.1, 0.15) is 11.5 Å². The van der Waals surface area contributed by atoms with Crippen molar-refractivity contribution in [2.24, 2.45) is 0 Å². The maximum absolute atomic E-state index is 5.52. The van der Waals surface area contributed by atoms with E-state index in [-0.39, 0.29) is 0 Å². The molecule has 0 bridgehead atoms. The molecule has 0 saturated heterocycles. The highest BCUT2D eigenvalue weighted by atomic mass is 16.5. The Kier molecular flexibility index (Phi) is 5.07. The van der Waals surface area contributed by atoms with Crippen molar-refractivity contribution >= 4 is 0 Å². The summed E-state index contributed by atoms with van der Waals surface area (Å²) in [5, 5.41) is 4.16. The summed E-state index contributed by atoms with van der Waals surface area (Å²) in [7, 11) is 3.38. The molecule has 4 rings (SSSR count). The monoisotopic (exact) mass is 365 g/mol. The van der Waals surface area contributed by atoms with E-state index in [0.29, 0.717) is 18.3 Å². The molecule has 6 heteroatoms. The van der Waals surface area contributed by atoms with Gasteiger partial charge in [-0.3, -0.25) is 4.90 Å². The number of benzene rings is 2. The van der Waals surface area contributed by atoms with Crippen LogP contribution >= 0.6 is 0 Å². The smallest absolute Gasteiger partial charge is 0.257 e. The fourth-order valence-corrected chi connectivity index (χ4v) is 3.51. The van der Waals surface area contributed by atoms with Crippen LogP contribution in [0.4, 0.5) is 0 Å². The summed E-state index contributed by atoms with van der Waals surface area (Å²) in [5.41, 5.74) is 3.57. The van der Waals surface area contributed by atoms with Crippen LogP contribution in [0.25, 0.3) is 11.5 Å². The van der Waals surface area contributed by atoms with Crippen LogP contribution in [0.15, 0.2) is 47.0 Å². The van der Waals surface area contributed by atoms with Crippen molar-refractivity contribution in [2.45, 2.75) is 19.4 Å². The van der Waals surface area contributed by atoms with Gasteiger partial charge >= 0.3 is 0 Å². The molecule has 140 valence electrons. The van der Waals surface area contributed by atoms with Crippen LogP contribution in [0.3, 0.4) is 0 Å². The Morgan fingerprint density at radius 1 is 1.00 bits per heavy atom. The SMILES string of the molecule is COc1ccc(-c2nc(CN3CCc4cccc(OC)c4CC3)no2)cc1. The molecular weight excluding hydrogens is 342 g/mol. The number of hydrogen-bond donors (Lipinski definition) is 0. The van der Waals surface area contributed by atoms with Crippen molar-refractivity contribution in [1.82, 2.24) is 15.0 Å². The molecule has 0 radical (unpaired) electrons. The predicted octanol–water partition coefficient (Wildman–Crippen LogP) is 3.35. The summed E-state index contributed by atoms with van der Waals surface area (Å²) in [5.74, 6) is 3.03. The first kappa shape index (κ1) is 17.5. The third-order valence-electron chi connectivity index (χ3n) is 5.00. The average molecular weight is 365 g/mol. The molecule has 0 atom stereocenters. The predicted molar refractivity (Wildman–Crippen MR) is 102 cm³/mol. The zero-order valence-corrected chi connectivity index (χ0v) is 15.6. The molecule has 0 aliphatic carbocycles. The minimum Gasteiger partial charge on any atom is -0.497 e. The second-order valence-corrected chi connectivity index (χ2v) is 6.62. The molecule has 0 unspecified atom stereocenters. The second-order valence-electron chi connectivity index (χ2n) is 6.62. The minimum absolute atomic E-state index is 0.535. The molecule has 1 aliphatic heterocycles. The third kappa shape index (κ3) is 3.80. The van der Waals surface area contributed by atoms with E-state index >= 15 is 0 Å². The molecular formula is C21H23N3O3. The van der Waals surface area contributed by atoms with E-state index in [2.05, 4.69) is 27.2 Å². The number of aromatic nitrogens is 2. The lowest BCUT2D eigenvalue weighted by Gasteiger charge is -2.17. The Morgan fingerprint density at radius 2 is 1.81 bits per heavy atom. The van der Waals surface area contributed by atoms with Gasteiger partial charge in [0.15, 0.2) is 5.82 Å². The van der Waals surface area contributed by atoms with Gasteiger partial charge in [-0.25, -0.2) is 0 Å². The fraction of sp³-hybridized carbons (Fsp3) is 0.333. The summed E-state index contributed by atoms with van der Waals surface area (Å²) in [6.07, 6.45) is 1.96. The lowest BCUT2D eigenvalue weighted by atomic mass is 10.0. The quantitative estimate of drug-likeness (QED) is 0.691. The third-order valence-corrected chi connectivity index (χ3v) is 5.00. The zero-order valence-electron chi connectivity index (χ0n) is 15.6. The van der Waals surface area contributed by atoms with Gasteiger partial charge in [-0.1, -0.05) is 17.3 Å². The molecule has 2 aromatic carbocycles. The van der Waals surface area contributed by atoms with Gasteiger partial charge < -0.3 is 14.0 Å². The van der Waals surface area contributed by atoms with Crippen LogP contribution in [-0.4, -0.2) is 42.3 Å². The maximum Gasteiger partial charge on any atom is 0.257 e. The average Bonchev–Trinajstić information content (AvgIpc) is 3.08. The summed E-state index contributed by atoms with van der Waals surface area (Å²) < 4.78 is 16.2. The van der Waals surface area contributed by atoms with Crippen molar-refractivity contribution < 1.29 is 14.0 Å². The van der Waals surface area contributed by atoms with Crippen LogP contribution < -0.4 is 9.47 Å². The molecule has 2 heterocycles. The highest BCUT2D eigenvalue weighted by Crippen LogP contribution is 2.26. The van der Waals surface area contributed by atoms with Crippen molar-refractivity contribution in [3.63, 3.8) is 0 Å². The molecule has 0 saturated carbocycles. The molecule has 0 spiro atoms. The summed E-state index contributed by atoms with van der Waals surface area (Å²) in [6, 6.07) is 13.9. The lowest BCUT2D eigenvalue weighted by Crippen LogP contribution is -2.26. The van der Waals surface area contributed by atoms with E-state index in [1.807, 2.05) is 30.3 Å². The minimum atomic E-state index is 0.535. The first-order valence-corrected chi connectivity index (χ1v) is 9.11. The zero-order chi connectivity index (χ0) is 18.6. The summed E-state index contributed by atoms with van der Waals surface area (Å²) in [6.45, 7) is 2.59. The summed E-state index contributed by atoms with van der Waals surface area (Å²) in [4.78, 5) is 6.92. The van der Waals surface area contributed by atoms with E-state index < -0.39 is 0 Å². The Balaban J connectivity index is 1.44. The maximum atomic E-state index is 5.52. The topological polar surface area (TPSA) is 60.6 Å². The fourth-order valence-electron chi connectivity index (χ4n) is 3.51. The van der Waals surface area contributed by atoms with E-state index in [1.54, 1.807) is 14.2 Å². The number of methoxy groups -OCH3 is 2. The van der Waals surface area contributed by atoms with E-state index in [0.717, 1.165) is 43.0 Å². The molecule has 0 amide bonds. The Bertz CT molecular complexity index is 905. The standard InChI is InChI=1S/C21H23N3O3/c1-25-17-8-6-16(7-9-17)21-22-20(23-27-21)14-24-12-10-15-4-3-5-19(26-2)18(15)11-13-24/h3-9H,10-14H2,1-2H3. The van der Waals surface area contributed by atoms with Crippen molar-refractivity contribution in [3.05, 3.63) is 59.4 Å². The van der Waals surface area contributed by atoms with Crippen LogP contribution in [0.2, 0.25) is 0 Å². The number of hydrogen-bond acceptors (Lipinski definition) is 6. The first-order chi connectivity index (χ1) is 13.3. The second kappa shape index (κ2) is 7.80. The van der Waals surface area contributed by atoms with Crippen molar-refractivity contribution in [1.29, 1.82) is 0 Å². The van der Waals surface area contributed by atoms with Gasteiger partial charge in [-0.15, -0.1) is 0 Å². The first-order valence-electron chi connectivity index (χ1n) is 9.11. The van der Waals surface area contributed by atoms with Crippen molar-refractivity contribution in [3.8, 4) is 23.0 Å². The van der Waals surface area contributed by atoms with Gasteiger partial charge in [0.05, 0.1) is 20.8 Å². The van der Waals surface area contributed by atoms with Crippen LogP contribution in [0.5, 0.6) is 11.5 Å². The van der Waals surface area contributed by atoms with E-state index in [9.17, 15) is 0 Å². The van der Waals surface area contributed by atoms with Crippen LogP contribution in [0.1, 0.15) is 17.0 Å². The molecule has 6 nitrogen and oxygen atoms in total. The van der Waals surface area contributed by atoms with Gasteiger partial charge in [0, 0.05) is 18.7 Å². The van der Waals surface area contributed by atoms with Gasteiger partial charge in [0.25, 0.3) is 5.89 Å². The van der Waals surface area contributed by atoms with Gasteiger partial charge in [-0.2, -0.15) is 4.98 Å². The molecule has 1 aliphatic rings. The Morgan fingerprint density at radius 3 is 2.59 bits per heavy atom. The highest BCUT2D eigenvalue weighted by Gasteiger charge is 2.19. The highest BCUT2D eigenvalue weighted by molar-refractivity contribution is 5.54. The number of rotatable bonds is 5. The van der Waals surface area contributed by atoms with E-state index in [1.165, 1.54) is 11.1 Å². The van der Waals surface area contributed by atoms with Gasteiger partial charge in [-0.05, 0) is 54.3 Å². The Labute approximate surface area is 158 Å². The molecule has 3 aromatic rings. The Hall–Kier alpha value is -2.86. The molecule has 0 fully saturated rings. The summed E-state index contributed by atoms with van der Waals surface area (Å²) >= 11 is 0. The largest absolute Gasteiger partial charge is 0.497 e. The number of ether oxygens (including phenoxy) is 2. The van der Waals surface area contributed by atoms with Crippen LogP contribution in [-0.2, 0) is 19.4 Å². The number of fused-ring (bicyclic) bond motifs is 1. The number of nitrogens with zero attached hydrogens (tertiary/aromatic N) is 3. The van der Waals surface area contributed by atoms with E-state index in [4.69, 9.17) is 14.0 Å². The molecule has 1 aromatic heterocycles. The van der Waals surface area contributed by atoms with Crippen LogP contribution in [0, 0.1) is 0 Å². The normalized spacial score (nSPS) is 14.4. The van der Waals surface area contributed by atoms with Gasteiger partial charge in [0.2, 0.25) is 0 Å². The van der Waals surface area contributed by atoms with Crippen molar-refractivity contribution in [2.75, 3.05) is 27.3 Å². The lowest BCUT2D eigenvalue weighted by molar-refractivity contribution is 0.266. The molecule has 0 N–H and O–H groups in total. The molecule has 27 heavy (non-hydrogen) atoms.